The van der Waals surface area contributed by atoms with E-state index >= 15 is 0 Å². The third-order valence-electron chi connectivity index (χ3n) is 2.35. The number of carboxylic acid groups (broad SMARTS) is 1. The molecule has 0 unspecified atom stereocenters. The number of aromatic carboxylic acids is 1. The second kappa shape index (κ2) is 4.33. The number of carbonyl (C=O) groups is 1. The molecule has 0 bridgehead atoms. The van der Waals surface area contributed by atoms with Gasteiger partial charge in [-0.15, -0.1) is 0 Å². The lowest BCUT2D eigenvalue weighted by Crippen LogP contribution is -1.98. The number of oxazole rings is 1. The summed E-state index contributed by atoms with van der Waals surface area (Å²) in [5.41, 5.74) is 1.79. The van der Waals surface area contributed by atoms with Crippen LogP contribution in [0, 0.1) is 13.8 Å². The summed E-state index contributed by atoms with van der Waals surface area (Å²) in [5.74, 6) is -0.465. The zero-order valence-corrected chi connectivity index (χ0v) is 10.9. The first kappa shape index (κ1) is 11.9. The molecule has 0 spiro atoms. The maximum absolute atomic E-state index is 10.9. The summed E-state index contributed by atoms with van der Waals surface area (Å²) in [6.07, 6.45) is 0. The predicted molar refractivity (Wildman–Crippen MR) is 66.1 cm³/mol. The number of aromatic nitrogens is 1. The highest BCUT2D eigenvalue weighted by molar-refractivity contribution is 9.10. The number of halogens is 1. The Morgan fingerprint density at radius 1 is 1.41 bits per heavy atom. The normalized spacial score (nSPS) is 10.5. The molecule has 1 aromatic heterocycles. The van der Waals surface area contributed by atoms with Gasteiger partial charge < -0.3 is 9.52 Å². The average Bonchev–Trinajstić information content (AvgIpc) is 2.60. The Hall–Kier alpha value is -1.62. The van der Waals surface area contributed by atoms with E-state index in [9.17, 15) is 4.79 Å². The maximum Gasteiger partial charge on any atom is 0.358 e. The molecule has 0 aliphatic rings. The molecule has 2 aromatic rings. The summed E-state index contributed by atoms with van der Waals surface area (Å²) in [5, 5.41) is 8.91. The van der Waals surface area contributed by atoms with Crippen molar-refractivity contribution in [2.75, 3.05) is 0 Å². The van der Waals surface area contributed by atoms with Crippen LogP contribution in [0.4, 0.5) is 0 Å². The fourth-order valence-electron chi connectivity index (χ4n) is 1.50. The highest BCUT2D eigenvalue weighted by Crippen LogP contribution is 2.29. The Morgan fingerprint density at radius 2 is 2.12 bits per heavy atom. The third-order valence-corrected chi connectivity index (χ3v) is 3.01. The first-order chi connectivity index (χ1) is 7.99. The minimum atomic E-state index is -1.08. The van der Waals surface area contributed by atoms with Gasteiger partial charge in [-0.1, -0.05) is 6.07 Å². The van der Waals surface area contributed by atoms with Crippen LogP contribution in [0.2, 0.25) is 0 Å². The lowest BCUT2D eigenvalue weighted by molar-refractivity contribution is 0.0689. The van der Waals surface area contributed by atoms with E-state index in [1.165, 1.54) is 0 Å². The molecule has 1 aromatic carbocycles. The molecule has 0 aliphatic carbocycles. The molecule has 17 heavy (non-hydrogen) atoms. The van der Waals surface area contributed by atoms with Gasteiger partial charge in [-0.2, -0.15) is 0 Å². The van der Waals surface area contributed by atoms with Gasteiger partial charge in [0.25, 0.3) is 0 Å². The second-order valence-corrected chi connectivity index (χ2v) is 4.57. The van der Waals surface area contributed by atoms with Crippen molar-refractivity contribution in [3.63, 3.8) is 0 Å². The summed E-state index contributed by atoms with van der Waals surface area (Å²) in [7, 11) is 0. The van der Waals surface area contributed by atoms with Gasteiger partial charge in [0.05, 0.1) is 5.56 Å². The Morgan fingerprint density at radius 3 is 2.65 bits per heavy atom. The van der Waals surface area contributed by atoms with Crippen LogP contribution in [-0.2, 0) is 0 Å². The van der Waals surface area contributed by atoms with E-state index in [2.05, 4.69) is 20.9 Å². The number of aryl methyl sites for hydroxylation is 2. The van der Waals surface area contributed by atoms with Crippen molar-refractivity contribution >= 4 is 21.9 Å². The van der Waals surface area contributed by atoms with E-state index in [4.69, 9.17) is 9.52 Å². The number of hydrogen-bond donors (Lipinski definition) is 1. The van der Waals surface area contributed by atoms with E-state index in [-0.39, 0.29) is 5.69 Å². The van der Waals surface area contributed by atoms with Crippen LogP contribution in [0.15, 0.2) is 27.1 Å². The van der Waals surface area contributed by atoms with Crippen molar-refractivity contribution in [3.05, 3.63) is 39.7 Å². The topological polar surface area (TPSA) is 63.3 Å². The van der Waals surface area contributed by atoms with Gasteiger partial charge in [0.15, 0.2) is 5.69 Å². The fourth-order valence-corrected chi connectivity index (χ4v) is 2.17. The third kappa shape index (κ3) is 2.24. The van der Waals surface area contributed by atoms with Gasteiger partial charge in [0.1, 0.15) is 5.76 Å². The van der Waals surface area contributed by atoms with Crippen molar-refractivity contribution in [3.8, 4) is 11.5 Å². The highest BCUT2D eigenvalue weighted by Gasteiger charge is 2.18. The molecule has 88 valence electrons. The Kier molecular flexibility index (Phi) is 3.02. The summed E-state index contributed by atoms with van der Waals surface area (Å²) >= 11 is 3.41. The van der Waals surface area contributed by atoms with Crippen molar-refractivity contribution in [2.24, 2.45) is 0 Å². The molecule has 0 saturated carbocycles. The summed E-state index contributed by atoms with van der Waals surface area (Å²) in [6, 6.07) is 5.69. The van der Waals surface area contributed by atoms with Gasteiger partial charge in [-0.05, 0) is 47.5 Å². The van der Waals surface area contributed by atoms with Crippen molar-refractivity contribution in [1.82, 2.24) is 4.98 Å². The smallest absolute Gasteiger partial charge is 0.358 e. The predicted octanol–water partition coefficient (Wildman–Crippen LogP) is 3.42. The number of carboxylic acids is 1. The number of benzene rings is 1. The summed E-state index contributed by atoms with van der Waals surface area (Å²) < 4.78 is 6.19. The van der Waals surface area contributed by atoms with Gasteiger partial charge >= 0.3 is 5.97 Å². The monoisotopic (exact) mass is 295 g/mol. The van der Waals surface area contributed by atoms with Crippen LogP contribution in [0.25, 0.3) is 11.5 Å². The van der Waals surface area contributed by atoms with E-state index in [0.717, 1.165) is 15.6 Å². The van der Waals surface area contributed by atoms with Crippen LogP contribution in [0.5, 0.6) is 0 Å². The molecular formula is C12H10BrNO3. The molecular weight excluding hydrogens is 286 g/mol. The van der Waals surface area contributed by atoms with Gasteiger partial charge in [0, 0.05) is 4.47 Å². The van der Waals surface area contributed by atoms with Crippen molar-refractivity contribution in [1.29, 1.82) is 0 Å². The number of nitrogens with zero attached hydrogens (tertiary/aromatic N) is 1. The van der Waals surface area contributed by atoms with E-state index in [0.29, 0.717) is 11.7 Å². The van der Waals surface area contributed by atoms with Crippen LogP contribution in [-0.4, -0.2) is 16.1 Å². The molecule has 0 fully saturated rings. The molecule has 1 heterocycles. The molecule has 0 radical (unpaired) electrons. The van der Waals surface area contributed by atoms with Crippen LogP contribution >= 0.6 is 15.9 Å². The average molecular weight is 296 g/mol. The molecule has 0 amide bonds. The molecule has 0 atom stereocenters. The van der Waals surface area contributed by atoms with E-state index in [1.54, 1.807) is 6.92 Å². The van der Waals surface area contributed by atoms with Gasteiger partial charge in [-0.25, -0.2) is 9.78 Å². The Bertz CT molecular complexity index is 589. The van der Waals surface area contributed by atoms with Crippen molar-refractivity contribution < 1.29 is 14.3 Å². The maximum atomic E-state index is 10.9. The summed E-state index contributed by atoms with van der Waals surface area (Å²) in [4.78, 5) is 14.8. The van der Waals surface area contributed by atoms with Gasteiger partial charge in [-0.3, -0.25) is 0 Å². The molecule has 0 saturated heterocycles. The molecule has 2 rings (SSSR count). The highest BCUT2D eigenvalue weighted by atomic mass is 79.9. The zero-order chi connectivity index (χ0) is 12.6. The second-order valence-electron chi connectivity index (χ2n) is 3.71. The largest absolute Gasteiger partial charge is 0.476 e. The molecule has 0 aliphatic heterocycles. The minimum Gasteiger partial charge on any atom is -0.476 e. The minimum absolute atomic E-state index is 0.0486. The van der Waals surface area contributed by atoms with Crippen LogP contribution < -0.4 is 0 Å². The lowest BCUT2D eigenvalue weighted by Gasteiger charge is -2.00. The number of hydrogen-bond acceptors (Lipinski definition) is 3. The first-order valence-electron chi connectivity index (χ1n) is 4.96. The molecule has 1 N–H and O–H groups in total. The van der Waals surface area contributed by atoms with E-state index in [1.807, 2.05) is 25.1 Å². The lowest BCUT2D eigenvalue weighted by atomic mass is 10.1. The summed E-state index contributed by atoms with van der Waals surface area (Å²) in [6.45, 7) is 3.56. The van der Waals surface area contributed by atoms with Crippen LogP contribution in [0.1, 0.15) is 21.8 Å². The quantitative estimate of drug-likeness (QED) is 0.922. The van der Waals surface area contributed by atoms with Crippen LogP contribution in [0.3, 0.4) is 0 Å². The first-order valence-corrected chi connectivity index (χ1v) is 5.75. The SMILES string of the molecule is Cc1ccc(-c2nc(C(=O)O)c(C)o2)c(Br)c1. The molecule has 5 heteroatoms. The fraction of sp³-hybridized carbons (Fsp3) is 0.167. The number of rotatable bonds is 2. The zero-order valence-electron chi connectivity index (χ0n) is 9.32. The Labute approximate surface area is 106 Å². The molecule has 4 nitrogen and oxygen atoms in total. The standard InChI is InChI=1S/C12H10BrNO3/c1-6-3-4-8(9(13)5-6)11-14-10(12(15)16)7(2)17-11/h3-5H,1-2H3,(H,15,16). The Balaban J connectivity index is 2.53. The van der Waals surface area contributed by atoms with Crippen molar-refractivity contribution in [2.45, 2.75) is 13.8 Å². The van der Waals surface area contributed by atoms with E-state index < -0.39 is 5.97 Å². The van der Waals surface area contributed by atoms with Gasteiger partial charge in [0.2, 0.25) is 5.89 Å².